The van der Waals surface area contributed by atoms with Gasteiger partial charge in [0.1, 0.15) is 12.4 Å². The molecule has 2 aliphatic heterocycles. The number of hydrogen-bond acceptors (Lipinski definition) is 7. The lowest BCUT2D eigenvalue weighted by Gasteiger charge is -2.32. The molecule has 216 valence electrons. The lowest BCUT2D eigenvalue weighted by Crippen LogP contribution is -2.35. The number of carbonyl (C=O) groups is 1. The van der Waals surface area contributed by atoms with Crippen LogP contribution < -0.4 is 4.74 Å². The van der Waals surface area contributed by atoms with E-state index in [9.17, 15) is 9.90 Å². The molecule has 5 heterocycles. The predicted octanol–water partition coefficient (Wildman–Crippen LogP) is 4.76. The number of aryl methyl sites for hydroxylation is 1. The summed E-state index contributed by atoms with van der Waals surface area (Å²) in [6, 6.07) is 17.4. The van der Waals surface area contributed by atoms with Crippen molar-refractivity contribution in [1.82, 2.24) is 29.0 Å². The second kappa shape index (κ2) is 11.2. The number of fused-ring (bicyclic) bond motifs is 2. The van der Waals surface area contributed by atoms with E-state index in [4.69, 9.17) is 19.4 Å². The average molecular weight is 567 g/mol. The number of hydrogen-bond donors (Lipinski definition) is 1. The Labute approximate surface area is 243 Å². The third-order valence-electron chi connectivity index (χ3n) is 8.55. The van der Waals surface area contributed by atoms with Crippen molar-refractivity contribution >= 4 is 28.0 Å². The Balaban J connectivity index is 0.999. The van der Waals surface area contributed by atoms with E-state index in [-0.39, 0.29) is 11.7 Å². The minimum absolute atomic E-state index is 0.152. The van der Waals surface area contributed by atoms with Crippen LogP contribution in [-0.4, -0.2) is 65.9 Å². The first kappa shape index (κ1) is 26.6. The number of benzene rings is 2. The molecule has 3 aromatic heterocycles. The molecule has 2 fully saturated rings. The van der Waals surface area contributed by atoms with Crippen molar-refractivity contribution in [2.45, 2.75) is 51.0 Å². The van der Waals surface area contributed by atoms with Gasteiger partial charge in [0.25, 0.3) is 0 Å². The summed E-state index contributed by atoms with van der Waals surface area (Å²) in [4.78, 5) is 28.3. The third-order valence-corrected chi connectivity index (χ3v) is 8.55. The summed E-state index contributed by atoms with van der Waals surface area (Å²) < 4.78 is 16.0. The summed E-state index contributed by atoms with van der Waals surface area (Å²) >= 11 is 0. The zero-order valence-corrected chi connectivity index (χ0v) is 23.6. The van der Waals surface area contributed by atoms with Crippen LogP contribution in [0.3, 0.4) is 0 Å². The molecule has 0 aliphatic carbocycles. The summed E-state index contributed by atoms with van der Waals surface area (Å²) in [6.07, 6.45) is 4.99. The van der Waals surface area contributed by atoms with Gasteiger partial charge in [-0.3, -0.25) is 4.90 Å². The van der Waals surface area contributed by atoms with E-state index in [0.29, 0.717) is 31.5 Å². The molecule has 0 radical (unpaired) electrons. The highest BCUT2D eigenvalue weighted by atomic mass is 16.5. The van der Waals surface area contributed by atoms with Crippen LogP contribution in [0.2, 0.25) is 0 Å². The highest BCUT2D eigenvalue weighted by Crippen LogP contribution is 2.30. The van der Waals surface area contributed by atoms with E-state index in [2.05, 4.69) is 38.7 Å². The Bertz CT molecular complexity index is 1750. The minimum atomic E-state index is -0.928. The molecule has 5 aromatic rings. The number of likely N-dealkylation sites (tertiary alicyclic amines) is 1. The van der Waals surface area contributed by atoms with Crippen molar-refractivity contribution < 1.29 is 19.4 Å². The van der Waals surface area contributed by atoms with Crippen molar-refractivity contribution in [3.8, 4) is 5.88 Å². The second-order valence-electron chi connectivity index (χ2n) is 11.3. The Morgan fingerprint density at radius 2 is 1.88 bits per heavy atom. The molecular weight excluding hydrogens is 532 g/mol. The number of piperidine rings is 1. The maximum absolute atomic E-state index is 11.6. The van der Waals surface area contributed by atoms with Crippen LogP contribution >= 0.6 is 0 Å². The average Bonchev–Trinajstić information content (AvgIpc) is 3.52. The van der Waals surface area contributed by atoms with E-state index in [1.54, 1.807) is 12.1 Å². The van der Waals surface area contributed by atoms with E-state index in [0.717, 1.165) is 78.1 Å². The van der Waals surface area contributed by atoms with Gasteiger partial charge < -0.3 is 23.7 Å². The molecule has 0 bridgehead atoms. The van der Waals surface area contributed by atoms with Crippen LogP contribution in [-0.2, 0) is 31.5 Å². The Kier molecular flexibility index (Phi) is 7.09. The zero-order valence-electron chi connectivity index (χ0n) is 23.6. The molecule has 2 aliphatic rings. The number of carboxylic acids is 1. The topological polar surface area (TPSA) is 108 Å². The molecule has 1 N–H and O–H groups in total. The van der Waals surface area contributed by atoms with Crippen molar-refractivity contribution in [2.24, 2.45) is 7.05 Å². The molecular formula is C32H34N6O4. The summed E-state index contributed by atoms with van der Waals surface area (Å²) in [7, 11) is 1.99. The fraction of sp³-hybridized carbons (Fsp3) is 0.375. The van der Waals surface area contributed by atoms with Gasteiger partial charge >= 0.3 is 5.97 Å². The maximum Gasteiger partial charge on any atom is 0.335 e. The molecule has 7 rings (SSSR count). The van der Waals surface area contributed by atoms with E-state index in [1.165, 1.54) is 0 Å². The smallest absolute Gasteiger partial charge is 0.335 e. The largest absolute Gasteiger partial charge is 0.478 e. The molecule has 1 unspecified atom stereocenters. The van der Waals surface area contributed by atoms with Gasteiger partial charge in [-0.1, -0.05) is 12.1 Å². The highest BCUT2D eigenvalue weighted by molar-refractivity contribution is 5.92. The van der Waals surface area contributed by atoms with E-state index >= 15 is 0 Å². The summed E-state index contributed by atoms with van der Waals surface area (Å²) in [6.45, 7) is 4.51. The maximum atomic E-state index is 11.6. The van der Waals surface area contributed by atoms with Gasteiger partial charge in [0.2, 0.25) is 5.88 Å². The molecule has 2 saturated heterocycles. The van der Waals surface area contributed by atoms with Crippen LogP contribution in [0.5, 0.6) is 5.88 Å². The van der Waals surface area contributed by atoms with Crippen molar-refractivity contribution in [1.29, 1.82) is 0 Å². The SMILES string of the molecule is Cn1cnc2cc(COc3cccc(C4CCN(Cc5nc6ccc(C(=O)O)cc6n5CC5CCO5)CC4)n3)ccc21. The van der Waals surface area contributed by atoms with Gasteiger partial charge in [0.05, 0.1) is 53.2 Å². The number of ether oxygens (including phenoxy) is 2. The quantitative estimate of drug-likeness (QED) is 0.272. The van der Waals surface area contributed by atoms with E-state index < -0.39 is 5.97 Å². The lowest BCUT2D eigenvalue weighted by atomic mass is 9.93. The summed E-state index contributed by atoms with van der Waals surface area (Å²) in [5.41, 5.74) is 6.16. The van der Waals surface area contributed by atoms with Crippen molar-refractivity contribution in [3.05, 3.63) is 83.6 Å². The first-order valence-corrected chi connectivity index (χ1v) is 14.6. The number of rotatable bonds is 9. The second-order valence-corrected chi connectivity index (χ2v) is 11.3. The normalized spacial score (nSPS) is 18.0. The van der Waals surface area contributed by atoms with Gasteiger partial charge in [-0.2, -0.15) is 0 Å². The van der Waals surface area contributed by atoms with Crippen molar-refractivity contribution in [2.75, 3.05) is 19.7 Å². The zero-order chi connectivity index (χ0) is 28.6. The predicted molar refractivity (Wildman–Crippen MR) is 158 cm³/mol. The lowest BCUT2D eigenvalue weighted by molar-refractivity contribution is -0.0592. The Hall–Kier alpha value is -4.28. The molecule has 2 aromatic carbocycles. The van der Waals surface area contributed by atoms with Gasteiger partial charge in [-0.25, -0.2) is 19.7 Å². The van der Waals surface area contributed by atoms with Gasteiger partial charge in [0, 0.05) is 31.3 Å². The van der Waals surface area contributed by atoms with Crippen LogP contribution in [0.15, 0.2) is 60.9 Å². The molecule has 0 amide bonds. The Morgan fingerprint density at radius 1 is 1.02 bits per heavy atom. The number of aromatic nitrogens is 5. The fourth-order valence-corrected chi connectivity index (χ4v) is 6.02. The monoisotopic (exact) mass is 566 g/mol. The number of aromatic carboxylic acids is 1. The first-order valence-electron chi connectivity index (χ1n) is 14.6. The van der Waals surface area contributed by atoms with Crippen LogP contribution in [0.1, 0.15) is 52.6 Å². The highest BCUT2D eigenvalue weighted by Gasteiger charge is 2.26. The Morgan fingerprint density at radius 3 is 2.67 bits per heavy atom. The number of carboxylic acid groups (broad SMARTS) is 1. The summed E-state index contributed by atoms with van der Waals surface area (Å²) in [5.74, 6) is 1.04. The molecule has 42 heavy (non-hydrogen) atoms. The van der Waals surface area contributed by atoms with Gasteiger partial charge in [-0.15, -0.1) is 0 Å². The van der Waals surface area contributed by atoms with Crippen LogP contribution in [0.4, 0.5) is 0 Å². The number of nitrogens with zero attached hydrogens (tertiary/aromatic N) is 6. The van der Waals surface area contributed by atoms with Gasteiger partial charge in [0.15, 0.2) is 0 Å². The molecule has 0 spiro atoms. The number of pyridine rings is 1. The van der Waals surface area contributed by atoms with Gasteiger partial charge in [-0.05, 0) is 74.3 Å². The molecule has 1 atom stereocenters. The number of imidazole rings is 2. The first-order chi connectivity index (χ1) is 20.5. The van der Waals surface area contributed by atoms with Crippen molar-refractivity contribution in [3.63, 3.8) is 0 Å². The molecule has 10 heteroatoms. The minimum Gasteiger partial charge on any atom is -0.478 e. The van der Waals surface area contributed by atoms with Crippen LogP contribution in [0.25, 0.3) is 22.1 Å². The molecule has 10 nitrogen and oxygen atoms in total. The van der Waals surface area contributed by atoms with E-state index in [1.807, 2.05) is 36.1 Å². The van der Waals surface area contributed by atoms with Crippen LogP contribution in [0, 0.1) is 0 Å². The fourth-order valence-electron chi connectivity index (χ4n) is 6.02. The third kappa shape index (κ3) is 5.35. The molecule has 0 saturated carbocycles. The standard InChI is InChI=1S/C32H34N6O4/c1-36-20-33-27-15-21(5-8-28(27)36)19-42-31-4-2-3-25(35-31)22-9-12-37(13-10-22)18-30-34-26-7-6-23(32(39)40)16-29(26)38(30)17-24-11-14-41-24/h2-8,15-16,20,22,24H,9-14,17-19H2,1H3,(H,39,40). The summed E-state index contributed by atoms with van der Waals surface area (Å²) in [5, 5.41) is 9.52.